The highest BCUT2D eigenvalue weighted by Crippen LogP contribution is 2.34. The summed E-state index contributed by atoms with van der Waals surface area (Å²) in [5.74, 6) is 0.322. The summed E-state index contributed by atoms with van der Waals surface area (Å²) in [7, 11) is -3.51. The van der Waals surface area contributed by atoms with E-state index in [-0.39, 0.29) is 18.3 Å². The fraction of sp³-hybridized carbons (Fsp3) is 0.588. The van der Waals surface area contributed by atoms with Crippen molar-refractivity contribution < 1.29 is 13.2 Å². The fourth-order valence-corrected chi connectivity index (χ4v) is 4.39. The van der Waals surface area contributed by atoms with Gasteiger partial charge in [-0.3, -0.25) is 4.79 Å². The lowest BCUT2D eigenvalue weighted by atomic mass is 10.0. The zero-order chi connectivity index (χ0) is 17.5. The molecular weight excluding hydrogens is 362 g/mol. The number of sulfonamides is 1. The third-order valence-corrected chi connectivity index (χ3v) is 6.84. The fourth-order valence-electron chi connectivity index (χ4n) is 2.97. The molecular formula is C17H26ClN3O3S. The summed E-state index contributed by atoms with van der Waals surface area (Å²) in [5.41, 5.74) is 6.37. The largest absolute Gasteiger partial charge is 0.338 e. The van der Waals surface area contributed by atoms with Crippen LogP contribution >= 0.6 is 12.4 Å². The molecule has 0 bridgehead atoms. The second-order valence-electron chi connectivity index (χ2n) is 7.08. The van der Waals surface area contributed by atoms with E-state index < -0.39 is 15.6 Å². The highest BCUT2D eigenvalue weighted by atomic mass is 35.5. The molecule has 1 saturated heterocycles. The van der Waals surface area contributed by atoms with E-state index in [1.165, 1.54) is 4.31 Å². The van der Waals surface area contributed by atoms with E-state index in [2.05, 4.69) is 13.8 Å². The molecule has 1 aliphatic carbocycles. The number of hydrogen-bond donors (Lipinski definition) is 1. The molecule has 1 saturated carbocycles. The van der Waals surface area contributed by atoms with Gasteiger partial charge in [0.05, 0.1) is 10.4 Å². The second-order valence-corrected chi connectivity index (χ2v) is 9.01. The van der Waals surface area contributed by atoms with Crippen molar-refractivity contribution in [2.75, 3.05) is 26.2 Å². The van der Waals surface area contributed by atoms with Crippen LogP contribution in [0, 0.1) is 0 Å². The Morgan fingerprint density at radius 3 is 2.04 bits per heavy atom. The topological polar surface area (TPSA) is 83.7 Å². The van der Waals surface area contributed by atoms with E-state index in [0.717, 1.165) is 18.4 Å². The molecule has 3 rings (SSSR count). The van der Waals surface area contributed by atoms with Crippen molar-refractivity contribution in [3.8, 4) is 0 Å². The lowest BCUT2D eigenvalue weighted by Gasteiger charge is -2.35. The van der Waals surface area contributed by atoms with Gasteiger partial charge in [-0.05, 0) is 36.5 Å². The monoisotopic (exact) mass is 387 g/mol. The van der Waals surface area contributed by atoms with Crippen LogP contribution in [0.5, 0.6) is 0 Å². The molecule has 1 aromatic rings. The smallest absolute Gasteiger partial charge is 0.243 e. The molecule has 0 atom stereocenters. The molecule has 1 aliphatic heterocycles. The number of amides is 1. The van der Waals surface area contributed by atoms with E-state index in [1.807, 2.05) is 12.1 Å². The van der Waals surface area contributed by atoms with Gasteiger partial charge in [0, 0.05) is 26.2 Å². The molecule has 0 unspecified atom stereocenters. The molecule has 0 aromatic heterocycles. The SMILES string of the molecule is CC(C)c1ccc(S(=O)(=O)N2CCN(C(=O)C3(N)CC3)CC2)cc1.Cl. The second kappa shape index (κ2) is 7.23. The maximum Gasteiger partial charge on any atom is 0.243 e. The zero-order valence-electron chi connectivity index (χ0n) is 14.6. The molecule has 1 heterocycles. The molecule has 1 aromatic carbocycles. The zero-order valence-corrected chi connectivity index (χ0v) is 16.3. The van der Waals surface area contributed by atoms with Crippen molar-refractivity contribution in [1.82, 2.24) is 9.21 Å². The van der Waals surface area contributed by atoms with Crippen molar-refractivity contribution in [2.45, 2.75) is 43.0 Å². The number of nitrogens with zero attached hydrogens (tertiary/aromatic N) is 2. The maximum atomic E-state index is 12.8. The molecule has 2 aliphatic rings. The summed E-state index contributed by atoms with van der Waals surface area (Å²) in [4.78, 5) is 14.2. The highest BCUT2D eigenvalue weighted by molar-refractivity contribution is 7.89. The summed E-state index contributed by atoms with van der Waals surface area (Å²) in [5, 5.41) is 0. The van der Waals surface area contributed by atoms with Crippen molar-refractivity contribution >= 4 is 28.3 Å². The van der Waals surface area contributed by atoms with Crippen LogP contribution in [0.1, 0.15) is 38.2 Å². The number of piperazine rings is 1. The Morgan fingerprint density at radius 2 is 1.60 bits per heavy atom. The predicted molar refractivity (Wildman–Crippen MR) is 99.3 cm³/mol. The van der Waals surface area contributed by atoms with Gasteiger partial charge in [-0.25, -0.2) is 8.42 Å². The predicted octanol–water partition coefficient (Wildman–Crippen LogP) is 1.56. The lowest BCUT2D eigenvalue weighted by Crippen LogP contribution is -2.55. The lowest BCUT2D eigenvalue weighted by molar-refractivity contribution is -0.134. The molecule has 0 radical (unpaired) electrons. The van der Waals surface area contributed by atoms with Gasteiger partial charge in [-0.15, -0.1) is 12.4 Å². The minimum atomic E-state index is -3.51. The molecule has 1 amide bonds. The minimum Gasteiger partial charge on any atom is -0.338 e. The first-order valence-corrected chi connectivity index (χ1v) is 9.86. The van der Waals surface area contributed by atoms with Gasteiger partial charge >= 0.3 is 0 Å². The van der Waals surface area contributed by atoms with Crippen LogP contribution < -0.4 is 5.73 Å². The Morgan fingerprint density at radius 1 is 1.08 bits per heavy atom. The van der Waals surface area contributed by atoms with Gasteiger partial charge in [0.15, 0.2) is 0 Å². The Labute approximate surface area is 155 Å². The van der Waals surface area contributed by atoms with Gasteiger partial charge in [-0.2, -0.15) is 4.31 Å². The van der Waals surface area contributed by atoms with E-state index in [1.54, 1.807) is 17.0 Å². The Kier molecular flexibility index (Phi) is 5.83. The maximum absolute atomic E-state index is 12.8. The van der Waals surface area contributed by atoms with Gasteiger partial charge < -0.3 is 10.6 Å². The number of rotatable bonds is 4. The standard InChI is InChI=1S/C17H25N3O3S.ClH/c1-13(2)14-3-5-15(6-4-14)24(22,23)20-11-9-19(10-12-20)16(21)17(18)7-8-17;/h3-6,13H,7-12,18H2,1-2H3;1H. The first-order valence-electron chi connectivity index (χ1n) is 8.42. The number of nitrogens with two attached hydrogens (primary N) is 1. The van der Waals surface area contributed by atoms with Gasteiger partial charge in [-0.1, -0.05) is 26.0 Å². The third kappa shape index (κ3) is 4.00. The molecule has 2 fully saturated rings. The Balaban J connectivity index is 0.00000225. The van der Waals surface area contributed by atoms with Crippen LogP contribution in [0.25, 0.3) is 0 Å². The summed E-state index contributed by atoms with van der Waals surface area (Å²) in [6.45, 7) is 5.59. The minimum absolute atomic E-state index is 0. The molecule has 8 heteroatoms. The van der Waals surface area contributed by atoms with E-state index in [0.29, 0.717) is 37.0 Å². The van der Waals surface area contributed by atoms with Gasteiger partial charge in [0.1, 0.15) is 0 Å². The molecule has 2 N–H and O–H groups in total. The van der Waals surface area contributed by atoms with Crippen molar-refractivity contribution in [2.24, 2.45) is 5.73 Å². The number of carbonyl (C=O) groups excluding carboxylic acids is 1. The van der Waals surface area contributed by atoms with E-state index in [9.17, 15) is 13.2 Å². The summed E-state index contributed by atoms with van der Waals surface area (Å²) in [6, 6.07) is 7.06. The number of carbonyl (C=O) groups is 1. The quantitative estimate of drug-likeness (QED) is 0.849. The molecule has 6 nitrogen and oxygen atoms in total. The number of hydrogen-bond acceptors (Lipinski definition) is 4. The third-order valence-electron chi connectivity index (χ3n) is 4.92. The van der Waals surface area contributed by atoms with Crippen LogP contribution in [0.15, 0.2) is 29.2 Å². The van der Waals surface area contributed by atoms with Gasteiger partial charge in [0.2, 0.25) is 15.9 Å². The van der Waals surface area contributed by atoms with Crippen LogP contribution in [0.2, 0.25) is 0 Å². The molecule has 25 heavy (non-hydrogen) atoms. The van der Waals surface area contributed by atoms with E-state index in [4.69, 9.17) is 5.73 Å². The summed E-state index contributed by atoms with van der Waals surface area (Å²) in [6.07, 6.45) is 1.46. The molecule has 140 valence electrons. The van der Waals surface area contributed by atoms with Crippen LogP contribution in [-0.4, -0.2) is 55.2 Å². The Hall–Kier alpha value is -1.15. The average Bonchev–Trinajstić information content (AvgIpc) is 3.33. The molecule has 0 spiro atoms. The Bertz CT molecular complexity index is 722. The van der Waals surface area contributed by atoms with Crippen LogP contribution in [-0.2, 0) is 14.8 Å². The highest BCUT2D eigenvalue weighted by Gasteiger charge is 2.48. The first-order chi connectivity index (χ1) is 11.2. The normalized spacial score (nSPS) is 20.2. The number of benzene rings is 1. The summed E-state index contributed by atoms with van der Waals surface area (Å²) < 4.78 is 27.0. The van der Waals surface area contributed by atoms with Crippen molar-refractivity contribution in [3.63, 3.8) is 0 Å². The van der Waals surface area contributed by atoms with Crippen LogP contribution in [0.3, 0.4) is 0 Å². The van der Waals surface area contributed by atoms with Crippen molar-refractivity contribution in [3.05, 3.63) is 29.8 Å². The van der Waals surface area contributed by atoms with Gasteiger partial charge in [0.25, 0.3) is 0 Å². The summed E-state index contributed by atoms with van der Waals surface area (Å²) >= 11 is 0. The first kappa shape index (κ1) is 20.2. The van der Waals surface area contributed by atoms with E-state index >= 15 is 0 Å². The van der Waals surface area contributed by atoms with Crippen LogP contribution in [0.4, 0.5) is 0 Å². The van der Waals surface area contributed by atoms with Crippen molar-refractivity contribution in [1.29, 1.82) is 0 Å². The average molecular weight is 388 g/mol. The number of halogens is 1.